The van der Waals surface area contributed by atoms with Crippen molar-refractivity contribution in [1.29, 1.82) is 5.26 Å². The molecule has 0 unspecified atom stereocenters. The Labute approximate surface area is 87.4 Å². The third-order valence-electron chi connectivity index (χ3n) is 2.31. The summed E-state index contributed by atoms with van der Waals surface area (Å²) in [5, 5.41) is 9.45. The highest BCUT2D eigenvalue weighted by Crippen LogP contribution is 2.35. The second-order valence-corrected chi connectivity index (χ2v) is 3.48. The van der Waals surface area contributed by atoms with Gasteiger partial charge in [-0.05, 0) is 29.7 Å². The van der Waals surface area contributed by atoms with E-state index in [9.17, 15) is 0 Å². The standard InChI is InChI=1S/C11H8ClNO/c1-14-11-5-9-7(4-10(11)12)2-3-8(9)6-13/h3-5H,2H2,1H3. The molecule has 0 heterocycles. The van der Waals surface area contributed by atoms with E-state index < -0.39 is 0 Å². The van der Waals surface area contributed by atoms with E-state index in [0.717, 1.165) is 17.5 Å². The van der Waals surface area contributed by atoms with Crippen LogP contribution in [0.4, 0.5) is 0 Å². The van der Waals surface area contributed by atoms with Crippen LogP contribution < -0.4 is 4.74 Å². The molecular formula is C11H8ClNO. The van der Waals surface area contributed by atoms with Crippen molar-refractivity contribution in [2.24, 2.45) is 0 Å². The Morgan fingerprint density at radius 1 is 1.50 bits per heavy atom. The van der Waals surface area contributed by atoms with Crippen molar-refractivity contribution >= 4 is 17.2 Å². The van der Waals surface area contributed by atoms with Crippen LogP contribution in [-0.4, -0.2) is 7.11 Å². The molecule has 0 spiro atoms. The van der Waals surface area contributed by atoms with Gasteiger partial charge in [-0.25, -0.2) is 0 Å². The highest BCUT2D eigenvalue weighted by atomic mass is 35.5. The van der Waals surface area contributed by atoms with Gasteiger partial charge in [-0.2, -0.15) is 5.26 Å². The molecule has 0 bridgehead atoms. The summed E-state index contributed by atoms with van der Waals surface area (Å²) < 4.78 is 5.09. The summed E-state index contributed by atoms with van der Waals surface area (Å²) in [5.74, 6) is 0.619. The van der Waals surface area contributed by atoms with Crippen LogP contribution in [0.5, 0.6) is 5.75 Å². The maximum absolute atomic E-state index is 8.85. The summed E-state index contributed by atoms with van der Waals surface area (Å²) in [6.45, 7) is 0. The van der Waals surface area contributed by atoms with Crippen LogP contribution in [0.3, 0.4) is 0 Å². The predicted molar refractivity (Wildman–Crippen MR) is 55.3 cm³/mol. The van der Waals surface area contributed by atoms with Crippen molar-refractivity contribution in [2.75, 3.05) is 7.11 Å². The van der Waals surface area contributed by atoms with Crippen LogP contribution in [0.15, 0.2) is 18.2 Å². The molecule has 70 valence electrons. The molecule has 0 fully saturated rings. The largest absolute Gasteiger partial charge is 0.495 e. The molecule has 1 aromatic carbocycles. The Morgan fingerprint density at radius 3 is 2.93 bits per heavy atom. The van der Waals surface area contributed by atoms with E-state index in [-0.39, 0.29) is 0 Å². The molecule has 0 radical (unpaired) electrons. The lowest BCUT2D eigenvalue weighted by Crippen LogP contribution is -1.89. The average Bonchev–Trinajstić information content (AvgIpc) is 2.58. The zero-order chi connectivity index (χ0) is 10.1. The third-order valence-corrected chi connectivity index (χ3v) is 2.61. The quantitative estimate of drug-likeness (QED) is 0.706. The number of allylic oxidation sites excluding steroid dienone is 2. The van der Waals surface area contributed by atoms with Crippen LogP contribution in [0.1, 0.15) is 11.1 Å². The number of fused-ring (bicyclic) bond motifs is 1. The van der Waals surface area contributed by atoms with Gasteiger partial charge in [-0.15, -0.1) is 0 Å². The summed E-state index contributed by atoms with van der Waals surface area (Å²) >= 11 is 5.97. The van der Waals surface area contributed by atoms with Crippen LogP contribution in [-0.2, 0) is 6.42 Å². The van der Waals surface area contributed by atoms with Gasteiger partial charge in [-0.3, -0.25) is 0 Å². The van der Waals surface area contributed by atoms with Gasteiger partial charge in [0.05, 0.1) is 23.8 Å². The molecule has 0 N–H and O–H groups in total. The van der Waals surface area contributed by atoms with Gasteiger partial charge in [0.25, 0.3) is 0 Å². The van der Waals surface area contributed by atoms with E-state index in [2.05, 4.69) is 6.07 Å². The minimum atomic E-state index is 0.596. The van der Waals surface area contributed by atoms with Crippen LogP contribution >= 0.6 is 11.6 Å². The minimum Gasteiger partial charge on any atom is -0.495 e. The first-order chi connectivity index (χ1) is 6.76. The molecule has 1 aliphatic rings. The van der Waals surface area contributed by atoms with Gasteiger partial charge < -0.3 is 4.74 Å². The summed E-state index contributed by atoms with van der Waals surface area (Å²) in [6.07, 6.45) is 2.68. The molecule has 0 saturated carbocycles. The van der Waals surface area contributed by atoms with E-state index in [1.165, 1.54) is 0 Å². The molecule has 1 aromatic rings. The molecule has 0 amide bonds. The third kappa shape index (κ3) is 1.26. The lowest BCUT2D eigenvalue weighted by atomic mass is 10.1. The Kier molecular flexibility index (Phi) is 2.18. The van der Waals surface area contributed by atoms with Gasteiger partial charge in [0.1, 0.15) is 5.75 Å². The van der Waals surface area contributed by atoms with E-state index in [4.69, 9.17) is 21.6 Å². The molecule has 1 aliphatic carbocycles. The number of hydrogen-bond acceptors (Lipinski definition) is 2. The smallest absolute Gasteiger partial charge is 0.138 e. The fraction of sp³-hybridized carbons (Fsp3) is 0.182. The van der Waals surface area contributed by atoms with Crippen molar-refractivity contribution in [3.8, 4) is 11.8 Å². The first-order valence-corrected chi connectivity index (χ1v) is 4.61. The van der Waals surface area contributed by atoms with E-state index in [1.807, 2.05) is 18.2 Å². The van der Waals surface area contributed by atoms with Crippen molar-refractivity contribution in [2.45, 2.75) is 6.42 Å². The van der Waals surface area contributed by atoms with Gasteiger partial charge in [0, 0.05) is 0 Å². The van der Waals surface area contributed by atoms with Crippen molar-refractivity contribution in [3.05, 3.63) is 34.4 Å². The highest BCUT2D eigenvalue weighted by molar-refractivity contribution is 6.32. The first kappa shape index (κ1) is 9.11. The second kappa shape index (κ2) is 3.36. The Bertz CT molecular complexity index is 457. The van der Waals surface area contributed by atoms with Crippen LogP contribution in [0, 0.1) is 11.3 Å². The van der Waals surface area contributed by atoms with Crippen molar-refractivity contribution < 1.29 is 4.74 Å². The molecule has 0 aliphatic heterocycles. The van der Waals surface area contributed by atoms with Gasteiger partial charge >= 0.3 is 0 Å². The SMILES string of the molecule is COc1cc2c(cc1Cl)CC=C2C#N. The average molecular weight is 206 g/mol. The second-order valence-electron chi connectivity index (χ2n) is 3.08. The summed E-state index contributed by atoms with van der Waals surface area (Å²) in [4.78, 5) is 0. The monoisotopic (exact) mass is 205 g/mol. The zero-order valence-electron chi connectivity index (χ0n) is 7.67. The lowest BCUT2D eigenvalue weighted by molar-refractivity contribution is 0.415. The molecule has 2 nitrogen and oxygen atoms in total. The normalized spacial score (nSPS) is 13.1. The fourth-order valence-corrected chi connectivity index (χ4v) is 1.86. The number of benzene rings is 1. The summed E-state index contributed by atoms with van der Waals surface area (Å²) in [5.41, 5.74) is 2.73. The predicted octanol–water partition coefficient (Wildman–Crippen LogP) is 2.81. The van der Waals surface area contributed by atoms with Crippen LogP contribution in [0.25, 0.3) is 5.57 Å². The van der Waals surface area contributed by atoms with E-state index in [0.29, 0.717) is 16.3 Å². The number of methoxy groups -OCH3 is 1. The molecule has 3 heteroatoms. The number of nitriles is 1. The summed E-state index contributed by atoms with van der Waals surface area (Å²) in [6, 6.07) is 5.83. The van der Waals surface area contributed by atoms with Crippen LogP contribution in [0.2, 0.25) is 5.02 Å². The molecule has 0 aromatic heterocycles. The zero-order valence-corrected chi connectivity index (χ0v) is 8.43. The van der Waals surface area contributed by atoms with E-state index >= 15 is 0 Å². The number of nitrogens with zero attached hydrogens (tertiary/aromatic N) is 1. The molecule has 14 heavy (non-hydrogen) atoms. The summed E-state index contributed by atoms with van der Waals surface area (Å²) in [7, 11) is 1.57. The Morgan fingerprint density at radius 2 is 2.29 bits per heavy atom. The first-order valence-electron chi connectivity index (χ1n) is 4.23. The molecule has 0 atom stereocenters. The van der Waals surface area contributed by atoms with Gasteiger partial charge in [-0.1, -0.05) is 17.7 Å². The maximum atomic E-state index is 8.85. The number of hydrogen-bond donors (Lipinski definition) is 0. The number of ether oxygens (including phenoxy) is 1. The molecule has 0 saturated heterocycles. The molecule has 2 rings (SSSR count). The fourth-order valence-electron chi connectivity index (χ4n) is 1.60. The van der Waals surface area contributed by atoms with Gasteiger partial charge in [0.2, 0.25) is 0 Å². The highest BCUT2D eigenvalue weighted by Gasteiger charge is 2.16. The minimum absolute atomic E-state index is 0.596. The number of rotatable bonds is 1. The lowest BCUT2D eigenvalue weighted by Gasteiger charge is -2.06. The number of halogens is 1. The topological polar surface area (TPSA) is 33.0 Å². The van der Waals surface area contributed by atoms with E-state index in [1.54, 1.807) is 7.11 Å². The molecular weight excluding hydrogens is 198 g/mol. The van der Waals surface area contributed by atoms with Crippen molar-refractivity contribution in [1.82, 2.24) is 0 Å². The Hall–Kier alpha value is -1.46. The van der Waals surface area contributed by atoms with Crippen molar-refractivity contribution in [3.63, 3.8) is 0 Å². The van der Waals surface area contributed by atoms with Gasteiger partial charge in [0.15, 0.2) is 0 Å². The maximum Gasteiger partial charge on any atom is 0.138 e. The Balaban J connectivity index is 2.57.